The zero-order valence-corrected chi connectivity index (χ0v) is 13.2. The van der Waals surface area contributed by atoms with Crippen molar-refractivity contribution in [2.45, 2.75) is 65.0 Å². The third kappa shape index (κ3) is 4.41. The number of rotatable bonds is 5. The fraction of sp³-hybridized carbons (Fsp3) is 1.00. The molecule has 0 spiro atoms. The van der Waals surface area contributed by atoms with Gasteiger partial charge in [0.15, 0.2) is 0 Å². The van der Waals surface area contributed by atoms with Crippen LogP contribution in [0.25, 0.3) is 0 Å². The van der Waals surface area contributed by atoms with Crippen LogP contribution in [0.3, 0.4) is 0 Å². The van der Waals surface area contributed by atoms with Gasteiger partial charge in [-0.25, -0.2) is 0 Å². The first-order valence-electron chi connectivity index (χ1n) is 5.29. The summed E-state index contributed by atoms with van der Waals surface area (Å²) in [5.74, 6) is 0. The quantitative estimate of drug-likeness (QED) is 0.711. The minimum atomic E-state index is -4.30. The molecule has 95 valence electrons. The molecule has 0 aliphatic carbocycles. The molecule has 2 nitrogen and oxygen atoms in total. The molecule has 0 rings (SSSR count). The Kier molecular flexibility index (Phi) is 6.65. The molecule has 16 heavy (non-hydrogen) atoms. The molecule has 0 aromatic rings. The van der Waals surface area contributed by atoms with Gasteiger partial charge in [0, 0.05) is 0 Å². The fourth-order valence-corrected chi connectivity index (χ4v) is 3.08. The zero-order chi connectivity index (χ0) is 13.1. The topological polar surface area (TPSA) is 12.5 Å². The van der Waals surface area contributed by atoms with Crippen LogP contribution >= 0.6 is 0 Å². The van der Waals surface area contributed by atoms with E-state index in [9.17, 15) is 13.2 Å². The first-order valence-corrected chi connectivity index (χ1v) is 6.46. The second-order valence-corrected chi connectivity index (χ2v) is 5.13. The molecular formula is C10H19F3NOSn. The van der Waals surface area contributed by atoms with Crippen LogP contribution in [0.1, 0.15) is 34.6 Å². The van der Waals surface area contributed by atoms with Gasteiger partial charge in [0.1, 0.15) is 0 Å². The third-order valence-corrected chi connectivity index (χ3v) is 3.28. The molecule has 3 radical (unpaired) electrons. The summed E-state index contributed by atoms with van der Waals surface area (Å²) in [6.07, 6.45) is -6.00. The van der Waals surface area contributed by atoms with E-state index in [4.69, 9.17) is 0 Å². The second-order valence-electron chi connectivity index (χ2n) is 4.46. The van der Waals surface area contributed by atoms with Crippen LogP contribution in [-0.4, -0.2) is 58.2 Å². The van der Waals surface area contributed by atoms with E-state index in [2.05, 4.69) is 3.07 Å². The van der Waals surface area contributed by atoms with Gasteiger partial charge >= 0.3 is 109 Å². The molecule has 0 aliphatic rings. The zero-order valence-electron chi connectivity index (χ0n) is 10.3. The summed E-state index contributed by atoms with van der Waals surface area (Å²) in [5, 5.41) is 0. The van der Waals surface area contributed by atoms with Crippen molar-refractivity contribution in [3.05, 3.63) is 0 Å². The number of nitrogens with zero attached hydrogens (tertiary/aromatic N) is 1. The normalized spacial score (nSPS) is 17.2. The summed E-state index contributed by atoms with van der Waals surface area (Å²) in [4.78, 5) is 1.82. The molecule has 2 atom stereocenters. The number of hydrogen-bond donors (Lipinski definition) is 0. The summed E-state index contributed by atoms with van der Waals surface area (Å²) in [6, 6.07) is -0.545. The summed E-state index contributed by atoms with van der Waals surface area (Å²) < 4.78 is 42.8. The van der Waals surface area contributed by atoms with Crippen molar-refractivity contribution >= 4 is 22.9 Å². The van der Waals surface area contributed by atoms with E-state index in [-0.39, 0.29) is 12.1 Å². The van der Waals surface area contributed by atoms with Crippen LogP contribution in [0.15, 0.2) is 0 Å². The summed E-state index contributed by atoms with van der Waals surface area (Å²) in [5.41, 5.74) is 0. The molecule has 0 bridgehead atoms. The minimum absolute atomic E-state index is 0.0609. The van der Waals surface area contributed by atoms with Gasteiger partial charge in [-0.3, -0.25) is 0 Å². The Labute approximate surface area is 109 Å². The Morgan fingerprint density at radius 1 is 1.00 bits per heavy atom. The van der Waals surface area contributed by atoms with Gasteiger partial charge in [-0.2, -0.15) is 0 Å². The van der Waals surface area contributed by atoms with E-state index in [0.29, 0.717) is 22.9 Å². The van der Waals surface area contributed by atoms with Gasteiger partial charge in [-0.05, 0) is 0 Å². The second kappa shape index (κ2) is 6.44. The molecule has 0 amide bonds. The predicted octanol–water partition coefficient (Wildman–Crippen LogP) is 2.52. The first-order chi connectivity index (χ1) is 7.12. The predicted molar refractivity (Wildman–Crippen MR) is 58.3 cm³/mol. The Balaban J connectivity index is 4.90. The Hall–Kier alpha value is 0.509. The SMILES string of the molecule is CC(C)N(C(C)C)C(C)C([O][Sn])C(F)(F)F. The number of hydrogen-bond acceptors (Lipinski definition) is 2. The Morgan fingerprint density at radius 2 is 1.38 bits per heavy atom. The van der Waals surface area contributed by atoms with E-state index in [1.807, 2.05) is 32.6 Å². The van der Waals surface area contributed by atoms with E-state index in [0.717, 1.165) is 0 Å². The van der Waals surface area contributed by atoms with Crippen LogP contribution in [0.2, 0.25) is 0 Å². The average molecular weight is 345 g/mol. The van der Waals surface area contributed by atoms with E-state index >= 15 is 0 Å². The summed E-state index contributed by atoms with van der Waals surface area (Å²) in [6.45, 7) is 9.15. The maximum atomic E-state index is 12.7. The molecule has 0 aromatic heterocycles. The molecule has 0 saturated carbocycles. The average Bonchev–Trinajstić information content (AvgIpc) is 1.99. The van der Waals surface area contributed by atoms with E-state index in [1.54, 1.807) is 6.92 Å². The van der Waals surface area contributed by atoms with Crippen molar-refractivity contribution in [3.63, 3.8) is 0 Å². The van der Waals surface area contributed by atoms with Gasteiger partial charge in [0.25, 0.3) is 0 Å². The van der Waals surface area contributed by atoms with Gasteiger partial charge in [0.2, 0.25) is 0 Å². The standard InChI is InChI=1S/C10H19F3NO.Sn/c1-6(2)14(7(3)4)8(5)9(15)10(11,12)13;/h6-9H,1-5H3;/q-1;+1. The van der Waals surface area contributed by atoms with Crippen molar-refractivity contribution in [1.29, 1.82) is 0 Å². The number of alkyl halides is 3. The van der Waals surface area contributed by atoms with E-state index < -0.39 is 18.3 Å². The molecular weight excluding hydrogens is 326 g/mol. The third-order valence-electron chi connectivity index (χ3n) is 2.55. The van der Waals surface area contributed by atoms with Crippen LogP contribution in [-0.2, 0) is 3.07 Å². The monoisotopic (exact) mass is 346 g/mol. The van der Waals surface area contributed by atoms with Gasteiger partial charge < -0.3 is 0 Å². The van der Waals surface area contributed by atoms with Crippen LogP contribution in [0.5, 0.6) is 0 Å². The van der Waals surface area contributed by atoms with Crippen molar-refractivity contribution in [3.8, 4) is 0 Å². The van der Waals surface area contributed by atoms with Crippen molar-refractivity contribution in [2.75, 3.05) is 0 Å². The molecule has 0 aliphatic heterocycles. The fourth-order valence-electron chi connectivity index (χ4n) is 2.13. The van der Waals surface area contributed by atoms with Crippen molar-refractivity contribution < 1.29 is 16.2 Å². The van der Waals surface area contributed by atoms with Crippen LogP contribution in [0.4, 0.5) is 13.2 Å². The molecule has 2 unspecified atom stereocenters. The molecule has 0 aromatic carbocycles. The van der Waals surface area contributed by atoms with Crippen LogP contribution < -0.4 is 0 Å². The molecule has 0 N–H and O–H groups in total. The van der Waals surface area contributed by atoms with Gasteiger partial charge in [-0.15, -0.1) is 0 Å². The molecule has 0 fully saturated rings. The van der Waals surface area contributed by atoms with Crippen molar-refractivity contribution in [1.82, 2.24) is 4.90 Å². The van der Waals surface area contributed by atoms with Crippen LogP contribution in [0, 0.1) is 0 Å². The maximum absolute atomic E-state index is 12.7. The van der Waals surface area contributed by atoms with Gasteiger partial charge in [-0.1, -0.05) is 0 Å². The summed E-state index contributed by atoms with van der Waals surface area (Å²) >= 11 is 0.448. The Morgan fingerprint density at radius 3 is 1.56 bits per heavy atom. The van der Waals surface area contributed by atoms with Gasteiger partial charge in [0.05, 0.1) is 0 Å². The molecule has 0 saturated heterocycles. The van der Waals surface area contributed by atoms with E-state index in [1.165, 1.54) is 0 Å². The molecule has 0 heterocycles. The van der Waals surface area contributed by atoms with Crippen molar-refractivity contribution in [2.24, 2.45) is 0 Å². The summed E-state index contributed by atoms with van der Waals surface area (Å²) in [7, 11) is 0. The first kappa shape index (κ1) is 16.5. The Bertz CT molecular complexity index is 199. The molecule has 6 heteroatoms. The number of halogens is 3.